The van der Waals surface area contributed by atoms with Gasteiger partial charge in [-0.1, -0.05) is 69.3 Å². The molecule has 2 aromatic carbocycles. The molecule has 42 heavy (non-hydrogen) atoms. The van der Waals surface area contributed by atoms with E-state index < -0.39 is 24.3 Å². The van der Waals surface area contributed by atoms with Crippen molar-refractivity contribution in [3.63, 3.8) is 0 Å². The number of hydrogen-bond donors (Lipinski definition) is 1. The number of nitrogens with zero attached hydrogens (tertiary/aromatic N) is 4. The summed E-state index contributed by atoms with van der Waals surface area (Å²) in [5.41, 5.74) is 2.92. The van der Waals surface area contributed by atoms with Gasteiger partial charge in [-0.2, -0.15) is 0 Å². The Balaban J connectivity index is 1.50. The molecule has 1 unspecified atom stereocenters. The summed E-state index contributed by atoms with van der Waals surface area (Å²) in [5, 5.41) is 9.95. The lowest BCUT2D eigenvalue weighted by Gasteiger charge is -2.42. The maximum atomic E-state index is 14.6. The van der Waals surface area contributed by atoms with Gasteiger partial charge in [0.15, 0.2) is 0 Å². The fourth-order valence-electron chi connectivity index (χ4n) is 5.48. The number of pyridine rings is 1. The van der Waals surface area contributed by atoms with Gasteiger partial charge in [-0.25, -0.2) is 4.79 Å². The quantitative estimate of drug-likeness (QED) is 0.450. The number of hydrogen-bond acceptors (Lipinski definition) is 6. The van der Waals surface area contributed by atoms with Crippen molar-refractivity contribution >= 4 is 23.6 Å². The van der Waals surface area contributed by atoms with E-state index in [1.54, 1.807) is 29.4 Å². The molecular formula is C33H38N4O5. The Labute approximate surface area is 246 Å². The van der Waals surface area contributed by atoms with Crippen LogP contribution in [0.1, 0.15) is 56.3 Å². The summed E-state index contributed by atoms with van der Waals surface area (Å²) in [7, 11) is 0. The van der Waals surface area contributed by atoms with Gasteiger partial charge in [-0.3, -0.25) is 24.4 Å². The molecule has 0 aliphatic carbocycles. The van der Waals surface area contributed by atoms with Crippen molar-refractivity contribution < 1.29 is 24.2 Å². The monoisotopic (exact) mass is 570 g/mol. The van der Waals surface area contributed by atoms with Crippen LogP contribution in [0.4, 0.5) is 10.5 Å². The van der Waals surface area contributed by atoms with Gasteiger partial charge in [0.2, 0.25) is 0 Å². The van der Waals surface area contributed by atoms with Gasteiger partial charge in [0, 0.05) is 43.3 Å². The SMILES string of the molecule is CC(C)(C)c1ccc(N(C(=O)[C@H]2CCCN2C(=O)OCc2ccccc2)C(C(=O)N2CC(O)C2)c2cccnc2)cc1. The molecule has 9 heteroatoms. The van der Waals surface area contributed by atoms with Gasteiger partial charge in [0.05, 0.1) is 6.10 Å². The fraction of sp³-hybridized carbons (Fsp3) is 0.394. The minimum absolute atomic E-state index is 0.100. The number of ether oxygens (including phenoxy) is 1. The zero-order valence-corrected chi connectivity index (χ0v) is 24.3. The smallest absolute Gasteiger partial charge is 0.410 e. The van der Waals surface area contributed by atoms with Crippen LogP contribution in [0.2, 0.25) is 0 Å². The lowest BCUT2D eigenvalue weighted by Crippen LogP contribution is -2.58. The summed E-state index contributed by atoms with van der Waals surface area (Å²) in [6, 6.07) is 18.7. The van der Waals surface area contributed by atoms with Crippen molar-refractivity contribution in [2.45, 2.75) is 63.8 Å². The number of carbonyl (C=O) groups excluding carboxylic acids is 3. The second kappa shape index (κ2) is 12.3. The first-order valence-corrected chi connectivity index (χ1v) is 14.4. The van der Waals surface area contributed by atoms with Gasteiger partial charge in [0.25, 0.3) is 11.8 Å². The summed E-state index contributed by atoms with van der Waals surface area (Å²) in [4.78, 5) is 50.6. The molecule has 2 saturated heterocycles. The number of aliphatic hydroxyl groups excluding tert-OH is 1. The van der Waals surface area contributed by atoms with E-state index in [2.05, 4.69) is 25.8 Å². The number of anilines is 1. The first-order valence-electron chi connectivity index (χ1n) is 14.4. The van der Waals surface area contributed by atoms with Crippen LogP contribution in [0.25, 0.3) is 0 Å². The van der Waals surface area contributed by atoms with Crippen LogP contribution >= 0.6 is 0 Å². The summed E-state index contributed by atoms with van der Waals surface area (Å²) in [6.45, 7) is 7.20. The van der Waals surface area contributed by atoms with Crippen molar-refractivity contribution in [3.05, 3.63) is 95.8 Å². The Bertz CT molecular complexity index is 1390. The van der Waals surface area contributed by atoms with E-state index in [0.717, 1.165) is 11.1 Å². The molecule has 0 bridgehead atoms. The van der Waals surface area contributed by atoms with Gasteiger partial charge in [-0.15, -0.1) is 0 Å². The highest BCUT2D eigenvalue weighted by Gasteiger charge is 2.44. The fourth-order valence-corrected chi connectivity index (χ4v) is 5.48. The summed E-state index contributed by atoms with van der Waals surface area (Å²) >= 11 is 0. The maximum Gasteiger partial charge on any atom is 0.410 e. The zero-order chi connectivity index (χ0) is 29.9. The second-order valence-corrected chi connectivity index (χ2v) is 12.0. The first-order chi connectivity index (χ1) is 20.1. The molecule has 3 amide bonds. The van der Waals surface area contributed by atoms with Crippen molar-refractivity contribution in [3.8, 4) is 0 Å². The van der Waals surface area contributed by atoms with Crippen molar-refractivity contribution in [2.75, 3.05) is 24.5 Å². The zero-order valence-electron chi connectivity index (χ0n) is 24.3. The molecule has 5 rings (SSSR count). The highest BCUT2D eigenvalue weighted by molar-refractivity contribution is 6.05. The number of benzene rings is 2. The van der Waals surface area contributed by atoms with Gasteiger partial charge in [0.1, 0.15) is 18.7 Å². The molecule has 2 aliphatic heterocycles. The Morgan fingerprint density at radius 1 is 1.02 bits per heavy atom. The largest absolute Gasteiger partial charge is 0.445 e. The van der Waals surface area contributed by atoms with Gasteiger partial charge in [-0.05, 0) is 47.6 Å². The van der Waals surface area contributed by atoms with Crippen molar-refractivity contribution in [1.82, 2.24) is 14.8 Å². The third-order valence-electron chi connectivity index (χ3n) is 7.89. The van der Waals surface area contributed by atoms with Crippen LogP contribution in [0.15, 0.2) is 79.1 Å². The molecule has 0 radical (unpaired) electrons. The van der Waals surface area contributed by atoms with E-state index in [1.165, 1.54) is 9.80 Å². The van der Waals surface area contributed by atoms with E-state index >= 15 is 0 Å². The van der Waals surface area contributed by atoms with Crippen LogP contribution in [-0.2, 0) is 26.3 Å². The predicted octanol–water partition coefficient (Wildman–Crippen LogP) is 4.46. The molecule has 9 nitrogen and oxygen atoms in total. The highest BCUT2D eigenvalue weighted by Crippen LogP contribution is 2.35. The molecule has 1 N–H and O–H groups in total. The number of aromatic nitrogens is 1. The Kier molecular flexibility index (Phi) is 8.59. The average Bonchev–Trinajstić information content (AvgIpc) is 3.47. The molecular weight excluding hydrogens is 532 g/mol. The molecule has 0 saturated carbocycles. The number of aliphatic hydroxyl groups is 1. The summed E-state index contributed by atoms with van der Waals surface area (Å²) < 4.78 is 5.60. The van der Waals surface area contributed by atoms with Crippen LogP contribution in [0, 0.1) is 0 Å². The minimum Gasteiger partial charge on any atom is -0.445 e. The molecule has 2 fully saturated rings. The lowest BCUT2D eigenvalue weighted by molar-refractivity contribution is -0.144. The van der Waals surface area contributed by atoms with Crippen molar-refractivity contribution in [2.24, 2.45) is 0 Å². The van der Waals surface area contributed by atoms with Gasteiger partial charge >= 0.3 is 6.09 Å². The van der Waals surface area contributed by atoms with Crippen molar-refractivity contribution in [1.29, 1.82) is 0 Å². The van der Waals surface area contributed by atoms with E-state index in [0.29, 0.717) is 30.6 Å². The summed E-state index contributed by atoms with van der Waals surface area (Å²) in [6.07, 6.45) is 3.13. The molecule has 1 aromatic heterocycles. The minimum atomic E-state index is -1.03. The van der Waals surface area contributed by atoms with E-state index in [-0.39, 0.29) is 36.9 Å². The second-order valence-electron chi connectivity index (χ2n) is 12.0. The molecule has 3 aromatic rings. The normalized spacial score (nSPS) is 17.9. The summed E-state index contributed by atoms with van der Waals surface area (Å²) in [5.74, 6) is -0.673. The standard InChI is InChI=1S/C33H38N4O5/c1-33(2,3)25-13-15-26(16-14-25)37(29(24-11-7-17-34-19-24)31(40)35-20-27(38)21-35)30(39)28-12-8-18-36(28)32(41)42-22-23-9-5-4-6-10-23/h4-7,9-11,13-17,19,27-29,38H,8,12,18,20-22H2,1-3H3/t28-,29?/m1/s1. The Morgan fingerprint density at radius 3 is 2.36 bits per heavy atom. The van der Waals surface area contributed by atoms with Gasteiger partial charge < -0.3 is 14.7 Å². The molecule has 220 valence electrons. The van der Waals surface area contributed by atoms with Crippen LogP contribution in [0.3, 0.4) is 0 Å². The Morgan fingerprint density at radius 2 is 1.74 bits per heavy atom. The molecule has 3 heterocycles. The maximum absolute atomic E-state index is 14.6. The lowest BCUT2D eigenvalue weighted by atomic mass is 9.87. The third kappa shape index (κ3) is 6.31. The van der Waals surface area contributed by atoms with E-state index in [1.807, 2.05) is 54.6 Å². The Hall–Kier alpha value is -4.24. The molecule has 2 atom stereocenters. The topological polar surface area (TPSA) is 103 Å². The van der Waals surface area contributed by atoms with Crippen LogP contribution < -0.4 is 4.90 Å². The molecule has 0 spiro atoms. The number of carbonyl (C=O) groups is 3. The van der Waals surface area contributed by atoms with E-state index in [9.17, 15) is 19.5 Å². The third-order valence-corrected chi connectivity index (χ3v) is 7.89. The van der Waals surface area contributed by atoms with Crippen LogP contribution in [0.5, 0.6) is 0 Å². The number of rotatable bonds is 7. The number of amides is 3. The number of β-amino-alcohol motifs (C(OH)–C–C–N with tert-alkyl or cyclic N) is 1. The number of likely N-dealkylation sites (tertiary alicyclic amines) is 2. The average molecular weight is 571 g/mol. The molecule has 2 aliphatic rings. The highest BCUT2D eigenvalue weighted by atomic mass is 16.6. The predicted molar refractivity (Wildman–Crippen MR) is 159 cm³/mol. The van der Waals surface area contributed by atoms with E-state index in [4.69, 9.17) is 4.74 Å². The first kappa shape index (κ1) is 29.3. The van der Waals surface area contributed by atoms with Crippen LogP contribution in [-0.4, -0.2) is 69.6 Å².